The lowest BCUT2D eigenvalue weighted by molar-refractivity contribution is -0.390. The fourth-order valence-corrected chi connectivity index (χ4v) is 2.60. The number of carbonyl (C=O) groups is 1. The third kappa shape index (κ3) is 6.55. The monoisotopic (exact) mass is 420 g/mol. The molecule has 156 valence electrons. The Bertz CT molecular complexity index is 858. The molecule has 2 aromatic rings. The summed E-state index contributed by atoms with van der Waals surface area (Å²) in [5.74, 6) is -0.125. The Morgan fingerprint density at radius 3 is 2.48 bits per heavy atom. The van der Waals surface area contributed by atoms with Crippen molar-refractivity contribution in [3.63, 3.8) is 0 Å². The number of ether oxygens (including phenoxy) is 1. The molecule has 0 bridgehead atoms. The van der Waals surface area contributed by atoms with Crippen molar-refractivity contribution in [1.82, 2.24) is 14.5 Å². The Morgan fingerprint density at radius 2 is 1.93 bits per heavy atom. The van der Waals surface area contributed by atoms with Crippen LogP contribution < -0.4 is 0 Å². The minimum Gasteiger partial charge on any atom is -0.461 e. The van der Waals surface area contributed by atoms with Crippen molar-refractivity contribution < 1.29 is 14.5 Å². The second-order valence-corrected chi connectivity index (χ2v) is 5.90. The fraction of sp³-hybridized carbons (Fsp3) is 0.300. The third-order valence-electron chi connectivity index (χ3n) is 4.28. The van der Waals surface area contributed by atoms with Gasteiger partial charge < -0.3 is 19.8 Å². The van der Waals surface area contributed by atoms with Crippen molar-refractivity contribution in [2.75, 3.05) is 26.2 Å². The predicted octanol–water partition coefficient (Wildman–Crippen LogP) is 3.98. The van der Waals surface area contributed by atoms with Gasteiger partial charge in [-0.1, -0.05) is 32.6 Å². The molecule has 0 radical (unpaired) electrons. The molecule has 8 nitrogen and oxygen atoms in total. The molecule has 0 saturated heterocycles. The molecule has 2 rings (SSSR count). The normalized spacial score (nSPS) is 10.7. The van der Waals surface area contributed by atoms with Crippen LogP contribution in [0.25, 0.3) is 18.4 Å². The summed E-state index contributed by atoms with van der Waals surface area (Å²) < 4.78 is 6.59. The lowest BCUT2D eigenvalue weighted by atomic mass is 10.1. The molecule has 0 amide bonds. The average molecular weight is 421 g/mol. The largest absolute Gasteiger partial charge is 0.461 e. The summed E-state index contributed by atoms with van der Waals surface area (Å²) in [6.07, 6.45) is 5.91. The Hall–Kier alpha value is -2.97. The Kier molecular flexibility index (Phi) is 9.78. The van der Waals surface area contributed by atoms with Gasteiger partial charge >= 0.3 is 11.8 Å². The van der Waals surface area contributed by atoms with E-state index >= 15 is 0 Å². The molecule has 9 heteroatoms. The highest BCUT2D eigenvalue weighted by Crippen LogP contribution is 2.17. The van der Waals surface area contributed by atoms with Gasteiger partial charge in [0.25, 0.3) is 0 Å². The number of imidazole rings is 1. The molecule has 0 unspecified atom stereocenters. The molecule has 0 spiro atoms. The van der Waals surface area contributed by atoms with E-state index in [9.17, 15) is 14.9 Å². The van der Waals surface area contributed by atoms with Crippen molar-refractivity contribution in [3.05, 3.63) is 64.1 Å². The van der Waals surface area contributed by atoms with Crippen LogP contribution in [0.3, 0.4) is 0 Å². The van der Waals surface area contributed by atoms with Crippen LogP contribution in [0.2, 0.25) is 0 Å². The van der Waals surface area contributed by atoms with Crippen LogP contribution >= 0.6 is 12.4 Å². The van der Waals surface area contributed by atoms with Gasteiger partial charge in [0.05, 0.1) is 11.8 Å². The first-order valence-corrected chi connectivity index (χ1v) is 9.01. The van der Waals surface area contributed by atoms with E-state index in [0.717, 1.165) is 18.7 Å². The number of likely N-dealkylation sites (N-methyl/N-ethyl adjacent to an activating group) is 1. The molecule has 0 aliphatic carbocycles. The molecule has 0 atom stereocenters. The van der Waals surface area contributed by atoms with Gasteiger partial charge in [-0.05, 0) is 41.8 Å². The minimum atomic E-state index is -0.521. The lowest BCUT2D eigenvalue weighted by Crippen LogP contribution is -2.27. The van der Waals surface area contributed by atoms with E-state index in [2.05, 4.69) is 30.3 Å². The van der Waals surface area contributed by atoms with Gasteiger partial charge in [0.2, 0.25) is 5.82 Å². The number of halogens is 1. The van der Waals surface area contributed by atoms with Crippen molar-refractivity contribution in [1.29, 1.82) is 0 Å². The molecular weight excluding hydrogens is 396 g/mol. The zero-order valence-corrected chi connectivity index (χ0v) is 17.3. The van der Waals surface area contributed by atoms with Crippen LogP contribution in [0.1, 0.15) is 35.6 Å². The molecular formula is C20H25ClN4O4. The first kappa shape index (κ1) is 24.1. The zero-order valence-electron chi connectivity index (χ0n) is 16.5. The molecule has 1 aromatic heterocycles. The van der Waals surface area contributed by atoms with Gasteiger partial charge in [0.15, 0.2) is 0 Å². The van der Waals surface area contributed by atoms with Crippen LogP contribution in [0, 0.1) is 10.1 Å². The van der Waals surface area contributed by atoms with Crippen molar-refractivity contribution in [2.24, 2.45) is 0 Å². The average Bonchev–Trinajstić information content (AvgIpc) is 3.13. The van der Waals surface area contributed by atoms with Gasteiger partial charge in [-0.15, -0.1) is 12.4 Å². The van der Waals surface area contributed by atoms with E-state index < -0.39 is 4.92 Å². The highest BCUT2D eigenvalue weighted by molar-refractivity contribution is 5.89. The molecule has 0 N–H and O–H groups in total. The van der Waals surface area contributed by atoms with E-state index in [1.807, 2.05) is 0 Å². The summed E-state index contributed by atoms with van der Waals surface area (Å²) >= 11 is 0. The highest BCUT2D eigenvalue weighted by Gasteiger charge is 2.15. The zero-order chi connectivity index (χ0) is 20.5. The second kappa shape index (κ2) is 11.8. The van der Waals surface area contributed by atoms with Crippen LogP contribution in [-0.4, -0.2) is 51.6 Å². The Balaban J connectivity index is 0.00000420. The Labute approximate surface area is 176 Å². The molecule has 1 heterocycles. The summed E-state index contributed by atoms with van der Waals surface area (Å²) in [6.45, 7) is 10.6. The van der Waals surface area contributed by atoms with E-state index in [-0.39, 0.29) is 24.2 Å². The summed E-state index contributed by atoms with van der Waals surface area (Å²) in [5, 5.41) is 10.9. The summed E-state index contributed by atoms with van der Waals surface area (Å²) in [5.41, 5.74) is 1.29. The molecule has 29 heavy (non-hydrogen) atoms. The third-order valence-corrected chi connectivity index (χ3v) is 4.28. The van der Waals surface area contributed by atoms with Crippen molar-refractivity contribution in [3.8, 4) is 0 Å². The molecule has 0 saturated carbocycles. The first-order valence-electron chi connectivity index (χ1n) is 9.01. The number of rotatable bonds is 10. The quantitative estimate of drug-likeness (QED) is 0.328. The highest BCUT2D eigenvalue weighted by atomic mass is 35.5. The maximum Gasteiger partial charge on any atom is 0.347 e. The van der Waals surface area contributed by atoms with E-state index in [1.54, 1.807) is 36.4 Å². The van der Waals surface area contributed by atoms with Crippen molar-refractivity contribution >= 4 is 42.5 Å². The maximum atomic E-state index is 12.1. The van der Waals surface area contributed by atoms with Crippen molar-refractivity contribution in [2.45, 2.75) is 13.8 Å². The number of hydrogen-bond donors (Lipinski definition) is 0. The molecule has 0 aliphatic heterocycles. The van der Waals surface area contributed by atoms with Crippen LogP contribution in [-0.2, 0) is 4.74 Å². The maximum absolute atomic E-state index is 12.1. The van der Waals surface area contributed by atoms with Gasteiger partial charge in [0, 0.05) is 12.6 Å². The molecule has 0 fully saturated rings. The number of nitro groups is 1. The number of carbonyl (C=O) groups excluding carboxylic acids is 1. The number of nitrogens with zero attached hydrogens (tertiary/aromatic N) is 4. The summed E-state index contributed by atoms with van der Waals surface area (Å²) in [6, 6.07) is 6.91. The Morgan fingerprint density at radius 1 is 1.28 bits per heavy atom. The van der Waals surface area contributed by atoms with Gasteiger partial charge in [-0.25, -0.2) is 9.78 Å². The van der Waals surface area contributed by atoms with E-state index in [0.29, 0.717) is 24.5 Å². The van der Waals surface area contributed by atoms with E-state index in [4.69, 9.17) is 4.74 Å². The molecule has 1 aromatic carbocycles. The second-order valence-electron chi connectivity index (χ2n) is 5.90. The molecule has 0 aliphatic rings. The number of hydrogen-bond acceptors (Lipinski definition) is 6. The SMILES string of the molecule is C=Cn1c([N+](=O)[O-])cnc1/C=C/c1ccc(C(=O)OCCN(CC)CC)cc1.Cl. The smallest absolute Gasteiger partial charge is 0.347 e. The lowest BCUT2D eigenvalue weighted by Gasteiger charge is -2.17. The fourth-order valence-electron chi connectivity index (χ4n) is 2.60. The first-order chi connectivity index (χ1) is 13.5. The minimum absolute atomic E-state index is 0. The van der Waals surface area contributed by atoms with Crippen LogP contribution in [0.4, 0.5) is 5.82 Å². The van der Waals surface area contributed by atoms with E-state index in [1.165, 1.54) is 17.0 Å². The van der Waals surface area contributed by atoms with Crippen LogP contribution in [0.15, 0.2) is 37.0 Å². The van der Waals surface area contributed by atoms with Crippen LogP contribution in [0.5, 0.6) is 0 Å². The van der Waals surface area contributed by atoms with Gasteiger partial charge in [0.1, 0.15) is 12.8 Å². The number of benzene rings is 1. The summed E-state index contributed by atoms with van der Waals surface area (Å²) in [7, 11) is 0. The van der Waals surface area contributed by atoms with Gasteiger partial charge in [-0.3, -0.25) is 0 Å². The van der Waals surface area contributed by atoms with Gasteiger partial charge in [-0.2, -0.15) is 4.57 Å². The standard InChI is InChI=1S/C20H24N4O4.ClH/c1-4-22(5-2)13-14-28-20(25)17-10-7-16(8-11-17)9-12-18-21-15-19(24(26)27)23(18)6-3;/h6-12,15H,3-5,13-14H2,1-2H3;1H/b12-9+;. The topological polar surface area (TPSA) is 90.5 Å². The number of esters is 1. The predicted molar refractivity (Wildman–Crippen MR) is 116 cm³/mol. The summed E-state index contributed by atoms with van der Waals surface area (Å²) in [4.78, 5) is 28.7. The number of aromatic nitrogens is 2.